The van der Waals surface area contributed by atoms with E-state index in [0.717, 1.165) is 0 Å². The van der Waals surface area contributed by atoms with Crippen molar-refractivity contribution in [1.29, 1.82) is 0 Å². The number of nitrogens with zero attached hydrogens (tertiary/aromatic N) is 1. The highest BCUT2D eigenvalue weighted by atomic mass is 16.5. The first kappa shape index (κ1) is 107. The number of aliphatic carboxylic acids is 9. The molecular weight excluding hydrogens is 1630 g/mol. The highest BCUT2D eigenvalue weighted by molar-refractivity contribution is 6.00. The molecule has 1 heterocycles. The van der Waals surface area contributed by atoms with Crippen LogP contribution in [0.2, 0.25) is 0 Å². The van der Waals surface area contributed by atoms with Crippen molar-refractivity contribution in [2.24, 2.45) is 35.3 Å². The van der Waals surface area contributed by atoms with E-state index in [1.165, 1.54) is 38.1 Å². The molecule has 43 nitrogen and oxygen atoms in total. The molecule has 43 heteroatoms. The number of carboxylic acids is 9. The van der Waals surface area contributed by atoms with E-state index < -0.39 is 344 Å². The number of carboxylic acid groups (broad SMARTS) is 9. The summed E-state index contributed by atoms with van der Waals surface area (Å²) in [6.45, 7) is 5.43. The Labute approximate surface area is 706 Å². The number of rotatable bonds is 67. The summed E-state index contributed by atoms with van der Waals surface area (Å²) in [5.41, 5.74) is 6.43. The van der Waals surface area contributed by atoms with Gasteiger partial charge < -0.3 is 98.5 Å². The standard InChI is InChI=1S/C80H113N9O34/c1-5-51(92)40-82-80(122)58(83-44(4)91)34-42(2)59-8-6-32-89(59)65(98)41-123-33-7-9-60(93)57(35-45-10-12-46(13-11-45)43(3)90)88-78(120)50(17-26-69(105)106)39-63(96)55(21-30-73(113)114)86-76(118)48(15-24-67(101)102)37-61(94)53(19-28-71(109)110)84-75(117)47(14-23-66(99)100)36-62(95)54(20-29-72(111)112)85-77(119)49(16-25-68(103)104)38-64(97)56(22-31-74(115)116)87-79(121)52(81)18-27-70(107)108/h10-13,42,47-50,52-59H,5-9,14-41,81H2,1-4H3,(H,82,122)(H,83,91)(H,84,117)(H,85,119)(H,86,118)(H,87,121)(H,88,120)(H,99,100)(H,101,102)(H,103,104)(H,105,106)(H,107,108)(H,109,110)(H,111,112)(H,113,114)(H,115,116)/t42?,47-,48-,49-,50-,52+,53+,54+,55+,56+,57-,58-,59-/m0/s1. The molecule has 0 spiro atoms. The van der Waals surface area contributed by atoms with Gasteiger partial charge >= 0.3 is 53.7 Å². The van der Waals surface area contributed by atoms with Crippen molar-refractivity contribution >= 4 is 141 Å². The molecule has 0 aromatic heterocycles. The van der Waals surface area contributed by atoms with Gasteiger partial charge in [0, 0.05) is 152 Å². The quantitative estimate of drug-likeness (QED) is 0.0307. The van der Waals surface area contributed by atoms with Gasteiger partial charge in [-0.2, -0.15) is 0 Å². The number of likely N-dealkylation sites (tertiary alicyclic amines) is 1. The molecule has 0 bridgehead atoms. The molecule has 0 aliphatic carbocycles. The molecular formula is C80H113N9O34. The number of hydrogen-bond donors (Lipinski definition) is 17. The van der Waals surface area contributed by atoms with E-state index in [4.69, 9.17) is 15.6 Å². The summed E-state index contributed by atoms with van der Waals surface area (Å²) >= 11 is 0. The summed E-state index contributed by atoms with van der Waals surface area (Å²) in [5, 5.41) is 103. The van der Waals surface area contributed by atoms with Crippen LogP contribution >= 0.6 is 0 Å². The molecule has 1 aliphatic heterocycles. The maximum atomic E-state index is 14.6. The van der Waals surface area contributed by atoms with E-state index in [0.29, 0.717) is 24.9 Å². The van der Waals surface area contributed by atoms with Gasteiger partial charge in [-0.25, -0.2) is 0 Å². The molecule has 0 radical (unpaired) electrons. The van der Waals surface area contributed by atoms with E-state index in [2.05, 4.69) is 37.2 Å². The number of carbonyl (C=O) groups is 24. The zero-order chi connectivity index (χ0) is 92.9. The summed E-state index contributed by atoms with van der Waals surface area (Å²) in [5.74, 6) is -35.0. The van der Waals surface area contributed by atoms with Crippen LogP contribution in [0.15, 0.2) is 24.3 Å². The number of amides is 8. The van der Waals surface area contributed by atoms with Gasteiger partial charge in [0.1, 0.15) is 12.6 Å². The summed E-state index contributed by atoms with van der Waals surface area (Å²) in [6, 6.07) is -6.25. The average molecular weight is 1740 g/mol. The number of ketones is 7. The number of nitrogens with two attached hydrogens (primary N) is 1. The highest BCUT2D eigenvalue weighted by Crippen LogP contribution is 2.29. The second kappa shape index (κ2) is 55.7. The number of hydrogen-bond acceptors (Lipinski definition) is 26. The molecule has 8 amide bonds. The zero-order valence-corrected chi connectivity index (χ0v) is 68.9. The van der Waals surface area contributed by atoms with Gasteiger partial charge in [0.25, 0.3) is 0 Å². The van der Waals surface area contributed by atoms with Gasteiger partial charge in [-0.15, -0.1) is 0 Å². The Bertz CT molecular complexity index is 3980. The van der Waals surface area contributed by atoms with Crippen LogP contribution in [-0.2, 0) is 121 Å². The Morgan fingerprint density at radius 2 is 0.764 bits per heavy atom. The Morgan fingerprint density at radius 3 is 1.11 bits per heavy atom. The fraction of sp³-hybridized carbons (Fsp3) is 0.625. The molecule has 18 N–H and O–H groups in total. The second-order valence-electron chi connectivity index (χ2n) is 30.2. The topological polar surface area (TPSA) is 714 Å². The lowest BCUT2D eigenvalue weighted by molar-refractivity contribution is -0.141. The van der Waals surface area contributed by atoms with Crippen LogP contribution in [0.5, 0.6) is 0 Å². The highest BCUT2D eigenvalue weighted by Gasteiger charge is 2.40. The van der Waals surface area contributed by atoms with Gasteiger partial charge in [-0.1, -0.05) is 38.1 Å². The van der Waals surface area contributed by atoms with Gasteiger partial charge in [0.2, 0.25) is 47.3 Å². The average Bonchev–Trinajstić information content (AvgIpc) is 1.63. The van der Waals surface area contributed by atoms with Crippen molar-refractivity contribution in [3.05, 3.63) is 35.4 Å². The third kappa shape index (κ3) is 43.2. The van der Waals surface area contributed by atoms with E-state index in [-0.39, 0.29) is 74.3 Å². The normalized spacial score (nSPS) is 15.2. The Kier molecular flexibility index (Phi) is 48.4. The fourth-order valence-corrected chi connectivity index (χ4v) is 13.5. The predicted molar refractivity (Wildman–Crippen MR) is 422 cm³/mol. The smallest absolute Gasteiger partial charge is 0.303 e. The molecule has 1 unspecified atom stereocenters. The summed E-state index contributed by atoms with van der Waals surface area (Å²) < 4.78 is 5.72. The van der Waals surface area contributed by atoms with Gasteiger partial charge in [-0.3, -0.25) is 115 Å². The lowest BCUT2D eigenvalue weighted by Gasteiger charge is -2.31. The van der Waals surface area contributed by atoms with Gasteiger partial charge in [-0.05, 0) is 108 Å². The van der Waals surface area contributed by atoms with Gasteiger partial charge in [0.15, 0.2) is 40.5 Å². The van der Waals surface area contributed by atoms with Crippen molar-refractivity contribution < 1.29 is 166 Å². The molecule has 682 valence electrons. The first-order chi connectivity index (χ1) is 57.7. The molecule has 13 atom stereocenters. The lowest BCUT2D eigenvalue weighted by atomic mass is 9.88. The molecule has 1 aromatic rings. The Hall–Kier alpha value is -12.2. The van der Waals surface area contributed by atoms with E-state index in [9.17, 15) is 156 Å². The van der Waals surface area contributed by atoms with Crippen molar-refractivity contribution in [3.63, 3.8) is 0 Å². The first-order valence-electron chi connectivity index (χ1n) is 40.1. The minimum absolute atomic E-state index is 0.0489. The van der Waals surface area contributed by atoms with Crippen LogP contribution in [0, 0.1) is 29.6 Å². The van der Waals surface area contributed by atoms with Crippen LogP contribution in [0.25, 0.3) is 0 Å². The summed E-state index contributed by atoms with van der Waals surface area (Å²) in [6.07, 6.45) is -17.6. The number of benzene rings is 1. The lowest BCUT2D eigenvalue weighted by Crippen LogP contribution is -2.50. The molecule has 1 aliphatic rings. The number of Topliss-reactive ketones (excluding diaryl/α,β-unsaturated/α-hetero) is 7. The van der Waals surface area contributed by atoms with Gasteiger partial charge in [0.05, 0.1) is 42.8 Å². The maximum absolute atomic E-state index is 14.6. The van der Waals surface area contributed by atoms with Crippen molar-refractivity contribution in [3.8, 4) is 0 Å². The SMILES string of the molecule is CCC(=O)CNC(=O)[C@H](CC(C)[C@@H]1CCCN1C(=O)COCCCC(=O)[C@H](Cc1ccc(C(C)=O)cc1)NC(=O)[C@@H](CCC(=O)O)CC(=O)[C@@H](CCC(=O)O)NC(=O)[C@@H](CCC(=O)O)CC(=O)[C@@H](CCC(=O)O)NC(=O)[C@@H](CCC(=O)O)CC(=O)[C@@H](CCC(=O)O)NC(=O)[C@@H](CCC(=O)O)CC(=O)[C@@H](CCC(=O)O)NC(=O)[C@H](N)CCC(=O)O)NC(C)=O. The molecule has 1 saturated heterocycles. The summed E-state index contributed by atoms with van der Waals surface area (Å²) in [4.78, 5) is 313. The van der Waals surface area contributed by atoms with Crippen molar-refractivity contribution in [1.82, 2.24) is 42.1 Å². The largest absolute Gasteiger partial charge is 0.481 e. The maximum Gasteiger partial charge on any atom is 0.303 e. The zero-order valence-electron chi connectivity index (χ0n) is 68.9. The van der Waals surface area contributed by atoms with Crippen molar-refractivity contribution in [2.75, 3.05) is 26.3 Å². The molecule has 0 saturated carbocycles. The van der Waals surface area contributed by atoms with Crippen LogP contribution in [0.1, 0.15) is 223 Å². The third-order valence-corrected chi connectivity index (χ3v) is 20.4. The van der Waals surface area contributed by atoms with Crippen LogP contribution in [-0.4, -0.2) is 267 Å². The number of ether oxygens (including phenoxy) is 1. The minimum atomic E-state index is -2.03. The van der Waals surface area contributed by atoms with Crippen LogP contribution < -0.4 is 43.0 Å². The second-order valence-corrected chi connectivity index (χ2v) is 30.2. The Balaban J connectivity index is 2.56. The molecule has 2 rings (SSSR count). The predicted octanol–water partition coefficient (Wildman–Crippen LogP) is 0.251. The Morgan fingerprint density at radius 1 is 0.423 bits per heavy atom. The third-order valence-electron chi connectivity index (χ3n) is 20.4. The van der Waals surface area contributed by atoms with E-state index >= 15 is 0 Å². The van der Waals surface area contributed by atoms with E-state index in [1.54, 1.807) is 18.7 Å². The number of carbonyl (C=O) groups excluding carboxylic acids is 15. The number of nitrogens with one attached hydrogen (secondary N) is 7. The molecule has 1 aromatic carbocycles. The first-order valence-corrected chi connectivity index (χ1v) is 40.1. The van der Waals surface area contributed by atoms with Crippen LogP contribution in [0.3, 0.4) is 0 Å². The molecule has 1 fully saturated rings. The van der Waals surface area contributed by atoms with Crippen LogP contribution in [0.4, 0.5) is 0 Å². The minimum Gasteiger partial charge on any atom is -0.481 e. The van der Waals surface area contributed by atoms with E-state index in [1.807, 2.05) is 0 Å². The fourth-order valence-electron chi connectivity index (χ4n) is 13.5. The monoisotopic (exact) mass is 1740 g/mol. The molecule has 123 heavy (non-hydrogen) atoms. The van der Waals surface area contributed by atoms with Crippen molar-refractivity contribution in [2.45, 2.75) is 262 Å². The summed E-state index contributed by atoms with van der Waals surface area (Å²) in [7, 11) is 0.